The third-order valence-electron chi connectivity index (χ3n) is 6.95. The van der Waals surface area contributed by atoms with Crippen LogP contribution < -0.4 is 0 Å². The van der Waals surface area contributed by atoms with E-state index in [2.05, 4.69) is 4.74 Å². The van der Waals surface area contributed by atoms with Crippen molar-refractivity contribution in [3.63, 3.8) is 0 Å². The van der Waals surface area contributed by atoms with E-state index in [9.17, 15) is 39.3 Å². The van der Waals surface area contributed by atoms with Crippen molar-refractivity contribution < 1.29 is 44.0 Å². The lowest BCUT2D eigenvalue weighted by Gasteiger charge is -2.23. The van der Waals surface area contributed by atoms with Gasteiger partial charge in [0.25, 0.3) is 0 Å². The van der Waals surface area contributed by atoms with Gasteiger partial charge >= 0.3 is 5.97 Å². The molecule has 0 spiro atoms. The molecule has 0 aromatic heterocycles. The molecule has 0 fully saturated rings. The highest BCUT2D eigenvalue weighted by atomic mass is 16.5. The maximum atomic E-state index is 14.0. The van der Waals surface area contributed by atoms with E-state index in [1.807, 2.05) is 0 Å². The molecule has 1 aliphatic rings. The Morgan fingerprint density at radius 3 is 2.21 bits per heavy atom. The highest BCUT2D eigenvalue weighted by Crippen LogP contribution is 2.40. The molecular weight excluding hydrogens is 504 g/mol. The number of benzene rings is 3. The number of methoxy groups -OCH3 is 1. The largest absolute Gasteiger partial charge is 0.508 e. The van der Waals surface area contributed by atoms with Gasteiger partial charge in [-0.3, -0.25) is 24.0 Å². The van der Waals surface area contributed by atoms with Crippen LogP contribution in [-0.4, -0.2) is 51.5 Å². The van der Waals surface area contributed by atoms with Crippen molar-refractivity contribution in [1.29, 1.82) is 0 Å². The van der Waals surface area contributed by atoms with Crippen LogP contribution in [-0.2, 0) is 9.53 Å². The molecule has 4 rings (SSSR count). The number of hydrogen-bond donors (Lipinski definition) is 3. The van der Waals surface area contributed by atoms with Gasteiger partial charge in [-0.1, -0.05) is 31.2 Å². The van der Waals surface area contributed by atoms with Gasteiger partial charge in [-0.05, 0) is 37.5 Å². The quantitative estimate of drug-likeness (QED) is 0.224. The number of rotatable bonds is 8. The second-order valence-corrected chi connectivity index (χ2v) is 9.55. The maximum Gasteiger partial charge on any atom is 0.305 e. The van der Waals surface area contributed by atoms with E-state index in [-0.39, 0.29) is 63.3 Å². The Morgan fingerprint density at radius 2 is 1.51 bits per heavy atom. The van der Waals surface area contributed by atoms with Crippen LogP contribution in [0.25, 0.3) is 0 Å². The van der Waals surface area contributed by atoms with Gasteiger partial charge in [0.2, 0.25) is 0 Å². The molecule has 1 unspecified atom stereocenters. The Hall–Kier alpha value is -4.79. The fraction of sp³-hybridized carbons (Fsp3) is 0.233. The number of phenolic OH excluding ortho intramolecular Hbond substituents is 3. The number of carbonyl (C=O) groups is 5. The first-order valence-electron chi connectivity index (χ1n) is 12.2. The number of ether oxygens (including phenoxy) is 1. The first-order valence-corrected chi connectivity index (χ1v) is 12.2. The molecule has 0 saturated heterocycles. The average molecular weight is 531 g/mol. The summed E-state index contributed by atoms with van der Waals surface area (Å²) in [5, 5.41) is 31.7. The molecule has 9 heteroatoms. The van der Waals surface area contributed by atoms with Crippen LogP contribution in [0.5, 0.6) is 17.2 Å². The number of carbonyl (C=O) groups excluding carboxylic acids is 5. The predicted molar refractivity (Wildman–Crippen MR) is 139 cm³/mol. The molecule has 1 atom stereocenters. The summed E-state index contributed by atoms with van der Waals surface area (Å²) in [5.74, 6) is -4.90. The Labute approximate surface area is 223 Å². The summed E-state index contributed by atoms with van der Waals surface area (Å²) in [4.78, 5) is 65.6. The summed E-state index contributed by atoms with van der Waals surface area (Å²) < 4.78 is 4.65. The molecule has 0 bridgehead atoms. The van der Waals surface area contributed by atoms with Crippen LogP contribution in [0.4, 0.5) is 0 Å². The fourth-order valence-corrected chi connectivity index (χ4v) is 4.82. The zero-order chi connectivity index (χ0) is 28.6. The summed E-state index contributed by atoms with van der Waals surface area (Å²) >= 11 is 0. The third-order valence-corrected chi connectivity index (χ3v) is 6.95. The number of esters is 1. The van der Waals surface area contributed by atoms with E-state index in [0.717, 1.165) is 6.07 Å². The minimum atomic E-state index is -0.941. The number of hydrogen-bond acceptors (Lipinski definition) is 9. The predicted octanol–water partition coefficient (Wildman–Crippen LogP) is 4.28. The summed E-state index contributed by atoms with van der Waals surface area (Å²) in [7, 11) is 1.27. The molecule has 3 aromatic carbocycles. The zero-order valence-corrected chi connectivity index (χ0v) is 21.5. The topological polar surface area (TPSA) is 155 Å². The number of aromatic hydroxyl groups is 3. The van der Waals surface area contributed by atoms with Crippen LogP contribution in [0.3, 0.4) is 0 Å². The van der Waals surface area contributed by atoms with Gasteiger partial charge in [-0.15, -0.1) is 0 Å². The van der Waals surface area contributed by atoms with Gasteiger partial charge in [-0.2, -0.15) is 0 Å². The summed E-state index contributed by atoms with van der Waals surface area (Å²) in [5.41, 5.74) is -1.80. The van der Waals surface area contributed by atoms with Crippen LogP contribution >= 0.6 is 0 Å². The van der Waals surface area contributed by atoms with Crippen molar-refractivity contribution in [3.8, 4) is 17.2 Å². The Kier molecular flexibility index (Phi) is 7.36. The van der Waals surface area contributed by atoms with Gasteiger partial charge < -0.3 is 20.1 Å². The molecule has 3 N–H and O–H groups in total. The Balaban J connectivity index is 1.82. The minimum absolute atomic E-state index is 0.0351. The summed E-state index contributed by atoms with van der Waals surface area (Å²) in [6.07, 6.45) is 0.368. The van der Waals surface area contributed by atoms with Crippen molar-refractivity contribution >= 4 is 29.1 Å². The maximum absolute atomic E-state index is 14.0. The Bertz CT molecular complexity index is 1570. The smallest absolute Gasteiger partial charge is 0.305 e. The molecule has 1 aliphatic carbocycles. The first-order chi connectivity index (χ1) is 18.5. The second-order valence-electron chi connectivity index (χ2n) is 9.55. The molecule has 0 heterocycles. The lowest BCUT2D eigenvalue weighted by atomic mass is 9.77. The lowest BCUT2D eigenvalue weighted by Crippen LogP contribution is -2.25. The van der Waals surface area contributed by atoms with E-state index in [1.54, 1.807) is 6.92 Å². The van der Waals surface area contributed by atoms with Crippen LogP contribution in [0.2, 0.25) is 0 Å². The van der Waals surface area contributed by atoms with E-state index >= 15 is 0 Å². The minimum Gasteiger partial charge on any atom is -0.508 e. The van der Waals surface area contributed by atoms with Crippen LogP contribution in [0.1, 0.15) is 89.9 Å². The average Bonchev–Trinajstić information content (AvgIpc) is 2.90. The van der Waals surface area contributed by atoms with E-state index < -0.39 is 46.4 Å². The van der Waals surface area contributed by atoms with Crippen molar-refractivity contribution in [2.24, 2.45) is 5.92 Å². The third kappa shape index (κ3) is 4.79. The van der Waals surface area contributed by atoms with Crippen molar-refractivity contribution in [2.75, 3.05) is 7.11 Å². The van der Waals surface area contributed by atoms with Crippen LogP contribution in [0.15, 0.2) is 42.5 Å². The number of ketones is 4. The molecule has 0 saturated carbocycles. The van der Waals surface area contributed by atoms with Crippen molar-refractivity contribution in [2.45, 2.75) is 33.1 Å². The number of Topliss-reactive ketones (excluding diaryl/α,β-unsaturated/α-hetero) is 1. The monoisotopic (exact) mass is 530 g/mol. The highest BCUT2D eigenvalue weighted by Gasteiger charge is 2.38. The molecule has 3 aromatic rings. The van der Waals surface area contributed by atoms with E-state index in [4.69, 9.17) is 0 Å². The van der Waals surface area contributed by atoms with Gasteiger partial charge in [0, 0.05) is 46.2 Å². The van der Waals surface area contributed by atoms with Gasteiger partial charge in [-0.25, -0.2) is 0 Å². The standard InChI is InChI=1S/C30H26O9/c1-14(12-23(35)39-3)10-11-19(31)16-6-4-8-20(32)25(16)29(37)24-15(2)22(34)13-18-27(24)30(38)26-17(28(18)36)7-5-9-21(26)33/h4-9,13-14,32-34H,10-12H2,1-3H3. The molecule has 0 radical (unpaired) electrons. The summed E-state index contributed by atoms with van der Waals surface area (Å²) in [6, 6.07) is 9.06. The van der Waals surface area contributed by atoms with E-state index in [0.29, 0.717) is 6.42 Å². The van der Waals surface area contributed by atoms with Gasteiger partial charge in [0.1, 0.15) is 17.2 Å². The SMILES string of the molecule is COC(=O)CC(C)CCC(=O)c1cccc(O)c1C(=O)c1c(C)c(O)cc2c1C(=O)c1c(O)cccc1C2=O. The van der Waals surface area contributed by atoms with Crippen molar-refractivity contribution in [3.05, 3.63) is 87.0 Å². The molecule has 39 heavy (non-hydrogen) atoms. The van der Waals surface area contributed by atoms with Crippen LogP contribution in [0, 0.1) is 12.8 Å². The highest BCUT2D eigenvalue weighted by molar-refractivity contribution is 6.33. The van der Waals surface area contributed by atoms with Gasteiger partial charge in [0.05, 0.1) is 18.2 Å². The van der Waals surface area contributed by atoms with Gasteiger partial charge in [0.15, 0.2) is 23.1 Å². The number of fused-ring (bicyclic) bond motifs is 2. The fourth-order valence-electron chi connectivity index (χ4n) is 4.82. The molecular formula is C30H26O9. The van der Waals surface area contributed by atoms with Crippen molar-refractivity contribution in [1.82, 2.24) is 0 Å². The Morgan fingerprint density at radius 1 is 0.846 bits per heavy atom. The zero-order valence-electron chi connectivity index (χ0n) is 21.5. The molecule has 0 amide bonds. The first kappa shape index (κ1) is 27.3. The van der Waals surface area contributed by atoms with E-state index in [1.165, 1.54) is 50.4 Å². The lowest BCUT2D eigenvalue weighted by molar-refractivity contribution is -0.141. The second kappa shape index (κ2) is 10.5. The normalized spacial score (nSPS) is 12.9. The summed E-state index contributed by atoms with van der Waals surface area (Å²) in [6.45, 7) is 3.15. The number of phenols is 3. The molecule has 9 nitrogen and oxygen atoms in total. The molecule has 200 valence electrons. The molecule has 0 aliphatic heterocycles.